The molecule has 43 heavy (non-hydrogen) atoms. The first-order valence-corrected chi connectivity index (χ1v) is 28.4. The van der Waals surface area contributed by atoms with Crippen LogP contribution in [0.3, 0.4) is 0 Å². The maximum absolute atomic E-state index is 13.2. The van der Waals surface area contributed by atoms with Gasteiger partial charge in [0.15, 0.2) is 25.0 Å². The monoisotopic (exact) mass is 692 g/mol. The summed E-state index contributed by atoms with van der Waals surface area (Å²) in [5.74, 6) is -0.441. The van der Waals surface area contributed by atoms with E-state index in [0.717, 1.165) is 12.8 Å². The highest BCUT2D eigenvalue weighted by Gasteiger charge is 2.68. The van der Waals surface area contributed by atoms with E-state index in [0.29, 0.717) is 33.2 Å². The molecule has 0 saturated carbocycles. The Hall–Kier alpha value is 0.134. The van der Waals surface area contributed by atoms with E-state index < -0.39 is 48.5 Å². The Morgan fingerprint density at radius 2 is 0.884 bits per heavy atom. The Kier molecular flexibility index (Phi) is 16.9. The number of carbonyl (C=O) groups excluding carboxylic acids is 1. The molecule has 0 rings (SSSR count). The lowest BCUT2D eigenvalue weighted by Gasteiger charge is -2.55. The van der Waals surface area contributed by atoms with Crippen LogP contribution in [0.2, 0.25) is 64.0 Å². The van der Waals surface area contributed by atoms with Crippen LogP contribution in [0, 0.1) is 0 Å². The maximum atomic E-state index is 13.2. The van der Waals surface area contributed by atoms with Crippen molar-refractivity contribution in [3.05, 3.63) is 12.7 Å². The van der Waals surface area contributed by atoms with Crippen LogP contribution < -0.4 is 0 Å². The van der Waals surface area contributed by atoms with Crippen molar-refractivity contribution in [2.75, 3.05) is 0 Å². The number of hydrogen-bond acceptors (Lipinski definition) is 6. The summed E-state index contributed by atoms with van der Waals surface area (Å²) in [7, 11) is -15.0. The van der Waals surface area contributed by atoms with Gasteiger partial charge in [0.25, 0.3) is 0 Å². The largest absolute Gasteiger partial charge is 0.639 e. The summed E-state index contributed by atoms with van der Waals surface area (Å²) >= 11 is 0. The lowest BCUT2D eigenvalue weighted by Crippen LogP contribution is -2.72. The van der Waals surface area contributed by atoms with E-state index in [1.807, 2.05) is 0 Å². The van der Waals surface area contributed by atoms with Crippen LogP contribution in [0.4, 0.5) is 0 Å². The maximum Gasteiger partial charge on any atom is 0.639 e. The predicted octanol–water partition coefficient (Wildman–Crippen LogP) is 11.4. The smallest absolute Gasteiger partial charge is 0.491 e. The summed E-state index contributed by atoms with van der Waals surface area (Å²) in [6.45, 7) is 46.5. The first kappa shape index (κ1) is 43.1. The molecular weight excluding hydrogens is 621 g/mol. The molecule has 0 aliphatic carbocycles. The lowest BCUT2D eigenvalue weighted by atomic mass is 10.4. The van der Waals surface area contributed by atoms with Gasteiger partial charge in [-0.25, -0.2) is 4.79 Å². The molecule has 0 N–H and O–H groups in total. The topological polar surface area (TPSA) is 63.2 Å². The molecule has 6 nitrogen and oxygen atoms in total. The Morgan fingerprint density at radius 3 is 1.09 bits per heavy atom. The second-order valence-corrected chi connectivity index (χ2v) is 38.1. The highest BCUT2D eigenvalue weighted by molar-refractivity contribution is 6.94. The summed E-state index contributed by atoms with van der Waals surface area (Å²) in [6.07, 6.45) is 2.88. The van der Waals surface area contributed by atoms with E-state index in [4.69, 9.17) is 20.9 Å². The molecule has 2 unspecified atom stereocenters. The first-order chi connectivity index (χ1) is 19.4. The van der Waals surface area contributed by atoms with Gasteiger partial charge in [0.05, 0.1) is 0 Å². The molecule has 256 valence electrons. The van der Waals surface area contributed by atoms with Crippen molar-refractivity contribution in [3.8, 4) is 0 Å². The molecule has 0 spiro atoms. The van der Waals surface area contributed by atoms with E-state index in [-0.39, 0.29) is 11.1 Å². The van der Waals surface area contributed by atoms with Gasteiger partial charge in [0.2, 0.25) is 0 Å². The van der Waals surface area contributed by atoms with E-state index >= 15 is 0 Å². The summed E-state index contributed by atoms with van der Waals surface area (Å²) in [5.41, 5.74) is 1.77. The third-order valence-corrected chi connectivity index (χ3v) is 35.2. The van der Waals surface area contributed by atoms with Gasteiger partial charge < -0.3 is 20.9 Å². The van der Waals surface area contributed by atoms with Crippen LogP contribution in [-0.4, -0.2) is 48.5 Å². The second kappa shape index (κ2) is 16.8. The fraction of sp³-hybridized carbons (Fsp3) is 0.906. The SMILES string of the molecule is C=CC(=O)O[Si](O[Si](O[Si](C)(C)C)(O[Si](C(C)C)(C(C)C)C(C)C)O[Si](C(C)C)(C(C)C)C(C)C)(C(C)CC)C(C)CC. The molecule has 0 aliphatic rings. The molecule has 0 aliphatic heterocycles. The van der Waals surface area contributed by atoms with Gasteiger partial charge in [-0.1, -0.05) is 130 Å². The fourth-order valence-corrected chi connectivity index (χ4v) is 37.1. The van der Waals surface area contributed by atoms with Crippen molar-refractivity contribution in [3.63, 3.8) is 0 Å². The Balaban J connectivity index is 8.38. The van der Waals surface area contributed by atoms with Crippen LogP contribution in [-0.2, 0) is 25.7 Å². The zero-order chi connectivity index (χ0) is 34.4. The van der Waals surface area contributed by atoms with Crippen molar-refractivity contribution < 1.29 is 25.7 Å². The molecule has 0 bridgehead atoms. The summed E-state index contributed by atoms with van der Waals surface area (Å²) in [5, 5.41) is 0. The van der Waals surface area contributed by atoms with Gasteiger partial charge in [0.1, 0.15) is 0 Å². The van der Waals surface area contributed by atoms with Crippen LogP contribution in [0.5, 0.6) is 0 Å². The van der Waals surface area contributed by atoms with Crippen LogP contribution >= 0.6 is 0 Å². The summed E-state index contributed by atoms with van der Waals surface area (Å²) in [4.78, 5) is 13.2. The average molecular weight is 693 g/mol. The second-order valence-electron chi connectivity index (χ2n) is 15.6. The molecular formula is C32H72O6Si5. The Labute approximate surface area is 273 Å². The molecule has 0 aromatic carbocycles. The quantitative estimate of drug-likeness (QED) is 0.0934. The predicted molar refractivity (Wildman–Crippen MR) is 197 cm³/mol. The zero-order valence-electron chi connectivity index (χ0n) is 31.8. The average Bonchev–Trinajstić information content (AvgIpc) is 2.86. The van der Waals surface area contributed by atoms with Crippen LogP contribution in [0.15, 0.2) is 12.7 Å². The van der Waals surface area contributed by atoms with E-state index in [1.165, 1.54) is 6.08 Å². The van der Waals surface area contributed by atoms with Crippen molar-refractivity contribution >= 4 is 48.5 Å². The van der Waals surface area contributed by atoms with Gasteiger partial charge in [-0.15, -0.1) is 0 Å². The molecule has 0 amide bonds. The standard InChI is InChI=1S/C32H72O6Si5/c1-21-30(16)42(31(17)22-2,34-32(33)23-3)38-43(35-39(18,19)20,36-40(24(4)5,25(6)7)26(8)9)37-41(27(10)11,28(12)13)29(14)15/h23-31H,3,21-22H2,1-2,4-20H3. The molecule has 0 heterocycles. The molecule has 2 atom stereocenters. The van der Waals surface area contributed by atoms with Gasteiger partial charge in [0, 0.05) is 17.2 Å². The molecule has 0 fully saturated rings. The minimum Gasteiger partial charge on any atom is -0.491 e. The van der Waals surface area contributed by atoms with E-state index in [9.17, 15) is 4.79 Å². The molecule has 0 saturated heterocycles. The van der Waals surface area contributed by atoms with Gasteiger partial charge in [-0.2, -0.15) is 0 Å². The number of carbonyl (C=O) groups is 1. The highest BCUT2D eigenvalue weighted by Crippen LogP contribution is 2.51. The molecule has 11 heteroatoms. The van der Waals surface area contributed by atoms with Crippen molar-refractivity contribution in [1.29, 1.82) is 0 Å². The van der Waals surface area contributed by atoms with Crippen molar-refractivity contribution in [1.82, 2.24) is 0 Å². The van der Waals surface area contributed by atoms with Gasteiger partial charge >= 0.3 is 23.6 Å². The first-order valence-electron chi connectivity index (χ1n) is 17.1. The van der Waals surface area contributed by atoms with E-state index in [2.05, 4.69) is 137 Å². The molecule has 0 aromatic heterocycles. The molecule has 0 radical (unpaired) electrons. The van der Waals surface area contributed by atoms with Gasteiger partial charge in [-0.05, 0) is 52.9 Å². The Bertz CT molecular complexity index is 781. The van der Waals surface area contributed by atoms with Crippen LogP contribution in [0.25, 0.3) is 0 Å². The summed E-state index contributed by atoms with van der Waals surface area (Å²) < 4.78 is 37.4. The number of hydrogen-bond donors (Lipinski definition) is 0. The minimum absolute atomic E-state index is 0.00269. The minimum atomic E-state index is -4.02. The fourth-order valence-electron chi connectivity index (χ4n) is 7.51. The highest BCUT2D eigenvalue weighted by atomic mass is 28.5. The van der Waals surface area contributed by atoms with Gasteiger partial charge in [-0.3, -0.25) is 0 Å². The van der Waals surface area contributed by atoms with Crippen molar-refractivity contribution in [2.24, 2.45) is 0 Å². The third-order valence-electron chi connectivity index (χ3n) is 9.76. The summed E-state index contributed by atoms with van der Waals surface area (Å²) in [6, 6.07) is 0. The zero-order valence-corrected chi connectivity index (χ0v) is 36.8. The lowest BCUT2D eigenvalue weighted by molar-refractivity contribution is -0.131. The van der Waals surface area contributed by atoms with E-state index in [1.54, 1.807) is 0 Å². The third kappa shape index (κ3) is 9.82. The normalized spacial score (nSPS) is 16.9. The Morgan fingerprint density at radius 1 is 0.581 bits per heavy atom. The van der Waals surface area contributed by atoms with Crippen molar-refractivity contribution in [2.45, 2.75) is 188 Å². The van der Waals surface area contributed by atoms with Crippen LogP contribution in [0.1, 0.15) is 124 Å². The molecule has 0 aromatic rings. The number of rotatable bonds is 20.